The Labute approximate surface area is 123 Å². The highest BCUT2D eigenvalue weighted by Crippen LogP contribution is 2.32. The molecule has 2 N–H and O–H groups in total. The molecular weight excluding hydrogens is 290 g/mol. The van der Waals surface area contributed by atoms with Crippen molar-refractivity contribution in [3.63, 3.8) is 0 Å². The molecule has 1 aliphatic rings. The van der Waals surface area contributed by atoms with Gasteiger partial charge in [0.15, 0.2) is 5.76 Å². The van der Waals surface area contributed by atoms with Crippen molar-refractivity contribution in [1.82, 2.24) is 9.46 Å². The van der Waals surface area contributed by atoms with Crippen LogP contribution in [0.25, 0.3) is 11.3 Å². The zero-order valence-corrected chi connectivity index (χ0v) is 12.3. The molecule has 0 bridgehead atoms. The maximum Gasteiger partial charge on any atom is 0.244 e. The average molecular weight is 307 g/mol. The monoisotopic (exact) mass is 307 g/mol. The van der Waals surface area contributed by atoms with Crippen molar-refractivity contribution in [2.45, 2.75) is 23.8 Å². The summed E-state index contributed by atoms with van der Waals surface area (Å²) >= 11 is 0. The minimum atomic E-state index is -3.59. The normalized spacial score (nSPS) is 20.0. The van der Waals surface area contributed by atoms with E-state index in [9.17, 15) is 8.42 Å². The molecule has 2 heterocycles. The minimum absolute atomic E-state index is 0.127. The Hall–Kier alpha value is -1.70. The van der Waals surface area contributed by atoms with Crippen LogP contribution in [0.1, 0.15) is 12.8 Å². The predicted molar refractivity (Wildman–Crippen MR) is 77.9 cm³/mol. The largest absolute Gasteiger partial charge is 0.356 e. The Morgan fingerprint density at radius 1 is 1.33 bits per heavy atom. The van der Waals surface area contributed by atoms with Crippen LogP contribution < -0.4 is 5.73 Å². The molecule has 1 aliphatic heterocycles. The summed E-state index contributed by atoms with van der Waals surface area (Å²) in [4.78, 5) is 0.238. The maximum atomic E-state index is 12.9. The van der Waals surface area contributed by atoms with E-state index in [1.807, 2.05) is 0 Å². The molecule has 1 unspecified atom stereocenters. The summed E-state index contributed by atoms with van der Waals surface area (Å²) in [6, 6.07) is 8.33. The van der Waals surface area contributed by atoms with E-state index in [0.29, 0.717) is 24.4 Å². The molecule has 1 aromatic heterocycles. The predicted octanol–water partition coefficient (Wildman–Crippen LogP) is 1.45. The lowest BCUT2D eigenvalue weighted by Crippen LogP contribution is -2.40. The zero-order chi connectivity index (χ0) is 14.9. The standard InChI is InChI=1S/C14H17N3O3S/c15-10-11-4-3-9-17(11)21(18,19)14-6-2-1-5-12(14)13-7-8-16-20-13/h1-2,5-8,11H,3-4,9-10,15H2. The smallest absolute Gasteiger partial charge is 0.244 e. The summed E-state index contributed by atoms with van der Waals surface area (Å²) in [5, 5.41) is 3.65. The first-order valence-electron chi connectivity index (χ1n) is 6.86. The molecule has 1 saturated heterocycles. The number of hydrogen-bond acceptors (Lipinski definition) is 5. The molecule has 21 heavy (non-hydrogen) atoms. The van der Waals surface area contributed by atoms with Crippen LogP contribution in [0.15, 0.2) is 45.9 Å². The van der Waals surface area contributed by atoms with Crippen molar-refractivity contribution in [1.29, 1.82) is 0 Å². The van der Waals surface area contributed by atoms with Crippen molar-refractivity contribution >= 4 is 10.0 Å². The molecule has 1 atom stereocenters. The number of sulfonamides is 1. The molecule has 0 amide bonds. The van der Waals surface area contributed by atoms with Gasteiger partial charge >= 0.3 is 0 Å². The van der Waals surface area contributed by atoms with E-state index >= 15 is 0 Å². The van der Waals surface area contributed by atoms with Crippen molar-refractivity contribution in [3.8, 4) is 11.3 Å². The molecule has 2 aromatic rings. The number of aromatic nitrogens is 1. The SMILES string of the molecule is NCC1CCCN1S(=O)(=O)c1ccccc1-c1ccno1. The van der Waals surface area contributed by atoms with E-state index in [0.717, 1.165) is 12.8 Å². The third-order valence-corrected chi connectivity index (χ3v) is 5.78. The van der Waals surface area contributed by atoms with Gasteiger partial charge in [-0.3, -0.25) is 0 Å². The Kier molecular flexibility index (Phi) is 3.79. The number of nitrogens with zero attached hydrogens (tertiary/aromatic N) is 2. The van der Waals surface area contributed by atoms with E-state index in [4.69, 9.17) is 10.3 Å². The summed E-state index contributed by atoms with van der Waals surface area (Å²) < 4.78 is 32.5. The van der Waals surface area contributed by atoms with Gasteiger partial charge in [-0.25, -0.2) is 8.42 Å². The number of rotatable bonds is 4. The summed E-state index contributed by atoms with van der Waals surface area (Å²) in [7, 11) is -3.59. The van der Waals surface area contributed by atoms with Gasteiger partial charge in [-0.05, 0) is 25.0 Å². The fourth-order valence-corrected chi connectivity index (χ4v) is 4.64. The Balaban J connectivity index is 2.08. The second kappa shape index (κ2) is 5.59. The highest BCUT2D eigenvalue weighted by atomic mass is 32.2. The van der Waals surface area contributed by atoms with Crippen molar-refractivity contribution in [2.24, 2.45) is 5.73 Å². The molecule has 112 valence electrons. The van der Waals surface area contributed by atoms with Crippen LogP contribution in [-0.2, 0) is 10.0 Å². The van der Waals surface area contributed by atoms with Gasteiger partial charge in [-0.1, -0.05) is 17.3 Å². The molecule has 0 aliphatic carbocycles. The van der Waals surface area contributed by atoms with Gasteiger partial charge in [0.2, 0.25) is 10.0 Å². The molecule has 3 rings (SSSR count). The van der Waals surface area contributed by atoms with Crippen LogP contribution in [0.5, 0.6) is 0 Å². The summed E-state index contributed by atoms with van der Waals surface area (Å²) in [5.41, 5.74) is 6.22. The molecule has 1 aromatic carbocycles. The van der Waals surface area contributed by atoms with E-state index < -0.39 is 10.0 Å². The van der Waals surface area contributed by atoms with Crippen LogP contribution in [0.2, 0.25) is 0 Å². The highest BCUT2D eigenvalue weighted by molar-refractivity contribution is 7.89. The molecule has 6 nitrogen and oxygen atoms in total. The molecular formula is C14H17N3O3S. The number of hydrogen-bond donors (Lipinski definition) is 1. The second-order valence-corrected chi connectivity index (χ2v) is 6.88. The van der Waals surface area contributed by atoms with Crippen LogP contribution in [0.3, 0.4) is 0 Å². The molecule has 1 fully saturated rings. The maximum absolute atomic E-state index is 12.9. The molecule has 7 heteroatoms. The van der Waals surface area contributed by atoms with Gasteiger partial charge in [0.1, 0.15) is 0 Å². The number of benzene rings is 1. The number of nitrogens with two attached hydrogens (primary N) is 1. The van der Waals surface area contributed by atoms with Gasteiger partial charge in [0.05, 0.1) is 11.1 Å². The first kappa shape index (κ1) is 14.2. The van der Waals surface area contributed by atoms with Crippen molar-refractivity contribution in [3.05, 3.63) is 36.5 Å². The lowest BCUT2D eigenvalue weighted by atomic mass is 10.2. The van der Waals surface area contributed by atoms with Crippen LogP contribution >= 0.6 is 0 Å². The molecule has 0 radical (unpaired) electrons. The van der Waals surface area contributed by atoms with E-state index in [2.05, 4.69) is 5.16 Å². The Morgan fingerprint density at radius 2 is 2.14 bits per heavy atom. The fraction of sp³-hybridized carbons (Fsp3) is 0.357. The summed E-state index contributed by atoms with van der Waals surface area (Å²) in [5.74, 6) is 0.442. The third kappa shape index (κ3) is 2.48. The molecule has 0 saturated carbocycles. The average Bonchev–Trinajstić information content (AvgIpc) is 3.18. The van der Waals surface area contributed by atoms with Crippen LogP contribution in [-0.4, -0.2) is 37.0 Å². The van der Waals surface area contributed by atoms with E-state index in [-0.39, 0.29) is 10.9 Å². The Bertz CT molecular complexity index is 713. The second-order valence-electron chi connectivity index (χ2n) is 5.02. The first-order chi connectivity index (χ1) is 10.1. The van der Waals surface area contributed by atoms with Crippen molar-refractivity contribution in [2.75, 3.05) is 13.1 Å². The summed E-state index contributed by atoms with van der Waals surface area (Å²) in [6.07, 6.45) is 3.14. The minimum Gasteiger partial charge on any atom is -0.356 e. The Morgan fingerprint density at radius 3 is 2.86 bits per heavy atom. The van der Waals surface area contributed by atoms with Gasteiger partial charge < -0.3 is 10.3 Å². The topological polar surface area (TPSA) is 89.4 Å². The van der Waals surface area contributed by atoms with Crippen molar-refractivity contribution < 1.29 is 12.9 Å². The summed E-state index contributed by atoms with van der Waals surface area (Å²) in [6.45, 7) is 0.846. The molecule has 0 spiro atoms. The van der Waals surface area contributed by atoms with E-state index in [1.165, 1.54) is 10.5 Å². The fourth-order valence-electron chi connectivity index (χ4n) is 2.74. The van der Waals surface area contributed by atoms with Gasteiger partial charge in [-0.2, -0.15) is 4.31 Å². The lowest BCUT2D eigenvalue weighted by Gasteiger charge is -2.23. The lowest BCUT2D eigenvalue weighted by molar-refractivity contribution is 0.392. The van der Waals surface area contributed by atoms with Crippen LogP contribution in [0.4, 0.5) is 0 Å². The van der Waals surface area contributed by atoms with Gasteiger partial charge in [-0.15, -0.1) is 0 Å². The first-order valence-corrected chi connectivity index (χ1v) is 8.30. The van der Waals surface area contributed by atoms with Gasteiger partial charge in [0.25, 0.3) is 0 Å². The van der Waals surface area contributed by atoms with Gasteiger partial charge in [0, 0.05) is 30.8 Å². The third-order valence-electron chi connectivity index (χ3n) is 3.77. The van der Waals surface area contributed by atoms with Crippen LogP contribution in [0, 0.1) is 0 Å². The quantitative estimate of drug-likeness (QED) is 0.923. The zero-order valence-electron chi connectivity index (χ0n) is 11.5. The van der Waals surface area contributed by atoms with E-state index in [1.54, 1.807) is 30.3 Å². The highest BCUT2D eigenvalue weighted by Gasteiger charge is 2.36.